The van der Waals surface area contributed by atoms with Gasteiger partial charge in [0, 0.05) is 0 Å². The first-order chi connectivity index (χ1) is 10.6. The third-order valence-corrected chi connectivity index (χ3v) is 6.13. The van der Waals surface area contributed by atoms with Crippen LogP contribution in [0.15, 0.2) is 0 Å². The third-order valence-electron chi connectivity index (χ3n) is 6.13. The first-order valence-electron chi connectivity index (χ1n) is 10.6. The second kappa shape index (κ2) is 11.5. The summed E-state index contributed by atoms with van der Waals surface area (Å²) in [5, 5.41) is 0. The van der Waals surface area contributed by atoms with E-state index in [1.54, 1.807) is 0 Å². The Hall–Kier alpha value is 0. The molecular formula is C23H48. The summed E-state index contributed by atoms with van der Waals surface area (Å²) < 4.78 is 0. The van der Waals surface area contributed by atoms with Crippen LogP contribution in [0.1, 0.15) is 101 Å². The zero-order valence-corrected chi connectivity index (χ0v) is 18.2. The van der Waals surface area contributed by atoms with E-state index in [2.05, 4.69) is 69.2 Å². The fourth-order valence-corrected chi connectivity index (χ4v) is 4.50. The molecule has 0 radical (unpaired) electrons. The smallest absolute Gasteiger partial charge is 0.0381 e. The summed E-state index contributed by atoms with van der Waals surface area (Å²) in [6, 6.07) is 0. The first kappa shape index (κ1) is 23.0. The first-order valence-corrected chi connectivity index (χ1v) is 10.6. The zero-order chi connectivity index (χ0) is 18.2. The van der Waals surface area contributed by atoms with E-state index in [0.717, 1.165) is 47.3 Å². The van der Waals surface area contributed by atoms with E-state index >= 15 is 0 Å². The summed E-state index contributed by atoms with van der Waals surface area (Å²) in [4.78, 5) is 0. The number of hydrogen-bond acceptors (Lipinski definition) is 0. The molecule has 0 N–H and O–H groups in total. The molecule has 0 saturated heterocycles. The highest BCUT2D eigenvalue weighted by atomic mass is 14.3. The molecule has 0 heteroatoms. The van der Waals surface area contributed by atoms with Crippen molar-refractivity contribution in [3.63, 3.8) is 0 Å². The van der Waals surface area contributed by atoms with E-state index in [9.17, 15) is 0 Å². The summed E-state index contributed by atoms with van der Waals surface area (Å²) in [5.74, 6) is 6.88. The number of hydrogen-bond donors (Lipinski definition) is 0. The van der Waals surface area contributed by atoms with Crippen molar-refractivity contribution in [3.8, 4) is 0 Å². The predicted molar refractivity (Wildman–Crippen MR) is 108 cm³/mol. The van der Waals surface area contributed by atoms with Gasteiger partial charge in [0.1, 0.15) is 0 Å². The molecule has 0 aliphatic carbocycles. The van der Waals surface area contributed by atoms with Crippen molar-refractivity contribution in [2.45, 2.75) is 101 Å². The summed E-state index contributed by atoms with van der Waals surface area (Å²) in [6.45, 7) is 24.3. The van der Waals surface area contributed by atoms with Gasteiger partial charge in [-0.25, -0.2) is 0 Å². The van der Waals surface area contributed by atoms with Crippen LogP contribution in [0.2, 0.25) is 0 Å². The molecule has 4 atom stereocenters. The number of rotatable bonds is 12. The molecule has 0 nitrogen and oxygen atoms in total. The van der Waals surface area contributed by atoms with Crippen LogP contribution < -0.4 is 0 Å². The highest BCUT2D eigenvalue weighted by molar-refractivity contribution is 4.79. The van der Waals surface area contributed by atoms with Crippen LogP contribution in [-0.4, -0.2) is 0 Å². The van der Waals surface area contributed by atoms with E-state index in [1.165, 1.54) is 32.1 Å². The molecule has 0 aromatic rings. The lowest BCUT2D eigenvalue weighted by Gasteiger charge is -2.36. The molecule has 0 fully saturated rings. The molecule has 0 aromatic carbocycles. The van der Waals surface area contributed by atoms with Gasteiger partial charge in [0.2, 0.25) is 0 Å². The molecule has 0 amide bonds. The van der Waals surface area contributed by atoms with Gasteiger partial charge in [-0.15, -0.1) is 0 Å². The zero-order valence-electron chi connectivity index (χ0n) is 18.2. The van der Waals surface area contributed by atoms with Crippen molar-refractivity contribution in [3.05, 3.63) is 0 Å². The molecule has 0 rings (SSSR count). The van der Waals surface area contributed by atoms with Crippen LogP contribution in [-0.2, 0) is 0 Å². The van der Waals surface area contributed by atoms with Crippen molar-refractivity contribution in [1.29, 1.82) is 0 Å². The topological polar surface area (TPSA) is 0 Å². The van der Waals surface area contributed by atoms with E-state index in [4.69, 9.17) is 0 Å². The molecule has 0 aromatic heterocycles. The van der Waals surface area contributed by atoms with E-state index in [-0.39, 0.29) is 0 Å². The fourth-order valence-electron chi connectivity index (χ4n) is 4.50. The van der Waals surface area contributed by atoms with Crippen LogP contribution in [0.5, 0.6) is 0 Å². The Labute approximate surface area is 149 Å². The summed E-state index contributed by atoms with van der Waals surface area (Å²) >= 11 is 0. The average Bonchev–Trinajstić information content (AvgIpc) is 2.42. The Balaban J connectivity index is 5.03. The highest BCUT2D eigenvalue weighted by Crippen LogP contribution is 2.38. The normalized spacial score (nSPS) is 18.0. The van der Waals surface area contributed by atoms with Gasteiger partial charge in [0.05, 0.1) is 0 Å². The lowest BCUT2D eigenvalue weighted by molar-refractivity contribution is 0.140. The summed E-state index contributed by atoms with van der Waals surface area (Å²) in [5.41, 5.74) is 0. The van der Waals surface area contributed by atoms with Gasteiger partial charge < -0.3 is 0 Å². The Morgan fingerprint density at radius 3 is 1.30 bits per heavy atom. The highest BCUT2D eigenvalue weighted by Gasteiger charge is 2.29. The molecule has 0 aliphatic rings. The molecule has 0 saturated carbocycles. The summed E-state index contributed by atoms with van der Waals surface area (Å²) in [6.07, 6.45) is 7.01. The Morgan fingerprint density at radius 1 is 0.522 bits per heavy atom. The lowest BCUT2D eigenvalue weighted by atomic mass is 9.70. The van der Waals surface area contributed by atoms with Crippen molar-refractivity contribution in [2.75, 3.05) is 0 Å². The third kappa shape index (κ3) is 9.78. The molecule has 0 bridgehead atoms. The van der Waals surface area contributed by atoms with Gasteiger partial charge in [0.15, 0.2) is 0 Å². The minimum atomic E-state index is 0.824. The van der Waals surface area contributed by atoms with E-state index < -0.39 is 0 Å². The Bertz CT molecular complexity index is 266. The van der Waals surface area contributed by atoms with E-state index in [0.29, 0.717) is 0 Å². The standard InChI is InChI=1S/C23H48/c1-11-19(8)20(9)21(10)23(14-18(6)7)15-22(12-16(2)3)13-17(4)5/h16-23H,11-15H2,1-10H3/t19-,20-,21-,23-/m1/s1. The molecular weight excluding hydrogens is 276 g/mol. The van der Waals surface area contributed by atoms with Gasteiger partial charge in [-0.05, 0) is 73.0 Å². The van der Waals surface area contributed by atoms with Crippen LogP contribution in [0.3, 0.4) is 0 Å². The van der Waals surface area contributed by atoms with Crippen LogP contribution in [0, 0.1) is 47.3 Å². The maximum absolute atomic E-state index is 2.55. The molecule has 0 heterocycles. The summed E-state index contributed by atoms with van der Waals surface area (Å²) in [7, 11) is 0. The van der Waals surface area contributed by atoms with Gasteiger partial charge in [0.25, 0.3) is 0 Å². The van der Waals surface area contributed by atoms with Gasteiger partial charge in [-0.1, -0.05) is 75.7 Å². The second-order valence-corrected chi connectivity index (χ2v) is 9.85. The SMILES string of the molecule is CC[C@@H](C)[C@@H](C)[C@@H](C)[C@H](CC(C)C)CC(CC(C)C)CC(C)C. The molecule has 23 heavy (non-hydrogen) atoms. The predicted octanol–water partition coefficient (Wildman–Crippen LogP) is 8.07. The largest absolute Gasteiger partial charge is 0.0651 e. The van der Waals surface area contributed by atoms with Crippen molar-refractivity contribution < 1.29 is 0 Å². The monoisotopic (exact) mass is 324 g/mol. The molecule has 0 spiro atoms. The molecule has 140 valence electrons. The molecule has 0 unspecified atom stereocenters. The van der Waals surface area contributed by atoms with Crippen molar-refractivity contribution in [2.24, 2.45) is 47.3 Å². The van der Waals surface area contributed by atoms with Crippen LogP contribution in [0.25, 0.3) is 0 Å². The van der Waals surface area contributed by atoms with Crippen LogP contribution >= 0.6 is 0 Å². The Kier molecular flexibility index (Phi) is 11.5. The maximum atomic E-state index is 2.55. The Morgan fingerprint density at radius 2 is 0.957 bits per heavy atom. The van der Waals surface area contributed by atoms with Crippen LogP contribution in [0.4, 0.5) is 0 Å². The second-order valence-electron chi connectivity index (χ2n) is 9.85. The molecule has 0 aliphatic heterocycles. The van der Waals surface area contributed by atoms with Gasteiger partial charge in [-0.2, -0.15) is 0 Å². The minimum Gasteiger partial charge on any atom is -0.0651 e. The van der Waals surface area contributed by atoms with Gasteiger partial charge >= 0.3 is 0 Å². The van der Waals surface area contributed by atoms with Crippen molar-refractivity contribution in [1.82, 2.24) is 0 Å². The quantitative estimate of drug-likeness (QED) is 0.340. The van der Waals surface area contributed by atoms with Gasteiger partial charge in [-0.3, -0.25) is 0 Å². The fraction of sp³-hybridized carbons (Fsp3) is 1.00. The van der Waals surface area contributed by atoms with Crippen molar-refractivity contribution >= 4 is 0 Å². The maximum Gasteiger partial charge on any atom is -0.0381 e. The minimum absolute atomic E-state index is 0.824. The average molecular weight is 325 g/mol. The van der Waals surface area contributed by atoms with E-state index in [1.807, 2.05) is 0 Å². The lowest BCUT2D eigenvalue weighted by Crippen LogP contribution is -2.27.